The van der Waals surface area contributed by atoms with Crippen molar-refractivity contribution in [3.05, 3.63) is 35.9 Å². The fraction of sp³-hybridized carbons (Fsp3) is 0.562. The minimum Gasteiger partial charge on any atom is -0.481 e. The number of carbonyl (C=O) groups is 1. The Morgan fingerprint density at radius 3 is 2.45 bits per heavy atom. The van der Waals surface area contributed by atoms with Crippen LogP contribution in [0, 0.1) is 0 Å². The maximum atomic E-state index is 11.4. The first kappa shape index (κ1) is 15.0. The maximum Gasteiger partial charge on any atom is 0.313 e. The molecule has 110 valence electrons. The van der Waals surface area contributed by atoms with Crippen molar-refractivity contribution in [2.45, 2.75) is 50.9 Å². The van der Waals surface area contributed by atoms with Crippen molar-refractivity contribution < 1.29 is 19.4 Å². The fourth-order valence-electron chi connectivity index (χ4n) is 2.71. The van der Waals surface area contributed by atoms with E-state index in [9.17, 15) is 9.90 Å². The lowest BCUT2D eigenvalue weighted by atomic mass is 9.99. The van der Waals surface area contributed by atoms with Crippen molar-refractivity contribution in [3.63, 3.8) is 0 Å². The fourth-order valence-corrected chi connectivity index (χ4v) is 2.71. The summed E-state index contributed by atoms with van der Waals surface area (Å²) in [4.78, 5) is 11.4. The quantitative estimate of drug-likeness (QED) is 0.899. The molecule has 1 saturated heterocycles. The van der Waals surface area contributed by atoms with Crippen LogP contribution in [-0.2, 0) is 14.3 Å². The summed E-state index contributed by atoms with van der Waals surface area (Å²) < 4.78 is 11.5. The number of carboxylic acids is 1. The van der Waals surface area contributed by atoms with Gasteiger partial charge in [0.25, 0.3) is 0 Å². The van der Waals surface area contributed by atoms with E-state index in [-0.39, 0.29) is 24.9 Å². The zero-order valence-electron chi connectivity index (χ0n) is 12.0. The van der Waals surface area contributed by atoms with E-state index >= 15 is 0 Å². The summed E-state index contributed by atoms with van der Waals surface area (Å²) in [7, 11) is 0. The minimum atomic E-state index is -0.843. The Hall–Kier alpha value is -1.39. The van der Waals surface area contributed by atoms with Crippen molar-refractivity contribution in [3.8, 4) is 0 Å². The molecule has 0 radical (unpaired) electrons. The molecule has 1 aromatic rings. The number of carboxylic acid groups (broad SMARTS) is 1. The van der Waals surface area contributed by atoms with Crippen molar-refractivity contribution in [2.24, 2.45) is 0 Å². The molecule has 4 heteroatoms. The van der Waals surface area contributed by atoms with Crippen LogP contribution in [0.2, 0.25) is 0 Å². The molecule has 2 rings (SSSR count). The third kappa shape index (κ3) is 4.05. The molecule has 0 aliphatic carbocycles. The lowest BCUT2D eigenvalue weighted by Crippen LogP contribution is -2.35. The Kier molecular flexibility index (Phi) is 5.15. The Balaban J connectivity index is 1.94. The van der Waals surface area contributed by atoms with Crippen LogP contribution in [0.1, 0.15) is 38.2 Å². The van der Waals surface area contributed by atoms with E-state index in [1.165, 1.54) is 0 Å². The molecule has 0 bridgehead atoms. The molecule has 1 fully saturated rings. The Morgan fingerprint density at radius 1 is 1.30 bits per heavy atom. The molecule has 0 spiro atoms. The smallest absolute Gasteiger partial charge is 0.313 e. The van der Waals surface area contributed by atoms with Gasteiger partial charge in [0.15, 0.2) is 0 Å². The van der Waals surface area contributed by atoms with Gasteiger partial charge in [-0.25, -0.2) is 0 Å². The summed E-state index contributed by atoms with van der Waals surface area (Å²) in [5.74, 6) is -1.45. The van der Waals surface area contributed by atoms with Crippen LogP contribution in [0.3, 0.4) is 0 Å². The van der Waals surface area contributed by atoms with Crippen LogP contribution >= 0.6 is 0 Å². The lowest BCUT2D eigenvalue weighted by Gasteiger charge is -2.32. The number of hydrogen-bond acceptors (Lipinski definition) is 3. The van der Waals surface area contributed by atoms with Crippen molar-refractivity contribution >= 4 is 5.97 Å². The summed E-state index contributed by atoms with van der Waals surface area (Å²) in [6, 6.07) is 9.24. The van der Waals surface area contributed by atoms with E-state index < -0.39 is 11.9 Å². The first-order valence-corrected chi connectivity index (χ1v) is 7.11. The largest absolute Gasteiger partial charge is 0.481 e. The van der Waals surface area contributed by atoms with E-state index in [0.29, 0.717) is 0 Å². The first-order chi connectivity index (χ1) is 9.56. The van der Waals surface area contributed by atoms with Crippen LogP contribution in [0.4, 0.5) is 0 Å². The van der Waals surface area contributed by atoms with E-state index in [4.69, 9.17) is 9.47 Å². The normalized spacial score (nSPS) is 28.0. The molecule has 1 N–H and O–H groups in total. The minimum absolute atomic E-state index is 0.0827. The summed E-state index contributed by atoms with van der Waals surface area (Å²) in [5, 5.41) is 9.36. The van der Waals surface area contributed by atoms with Gasteiger partial charge in [0.2, 0.25) is 0 Å². The predicted molar refractivity (Wildman–Crippen MR) is 75.8 cm³/mol. The first-order valence-electron chi connectivity index (χ1n) is 7.11. The molecule has 0 amide bonds. The van der Waals surface area contributed by atoms with Gasteiger partial charge >= 0.3 is 5.97 Å². The highest BCUT2D eigenvalue weighted by Crippen LogP contribution is 2.24. The summed E-state index contributed by atoms with van der Waals surface area (Å²) in [6.45, 7) is 4.26. The second-order valence-corrected chi connectivity index (χ2v) is 5.49. The molecule has 0 saturated carbocycles. The highest BCUT2D eigenvalue weighted by Gasteiger charge is 2.27. The standard InChI is InChI=1S/C16H22O4/c1-11-8-14(9-12(2)20-11)19-10-15(16(17)18)13-6-4-3-5-7-13/h3-7,11-12,14-15H,8-10H2,1-2H3,(H,17,18). The summed E-state index contributed by atoms with van der Waals surface area (Å²) in [5.41, 5.74) is 0.785. The molecule has 20 heavy (non-hydrogen) atoms. The Bertz CT molecular complexity index is 421. The van der Waals surface area contributed by atoms with Gasteiger partial charge in [-0.15, -0.1) is 0 Å². The molecule has 1 aromatic carbocycles. The van der Waals surface area contributed by atoms with Gasteiger partial charge in [-0.05, 0) is 32.3 Å². The number of hydrogen-bond donors (Lipinski definition) is 1. The second kappa shape index (κ2) is 6.86. The molecule has 0 aromatic heterocycles. The van der Waals surface area contributed by atoms with Gasteiger partial charge < -0.3 is 14.6 Å². The molecule has 3 unspecified atom stereocenters. The van der Waals surface area contributed by atoms with E-state index in [1.54, 1.807) is 0 Å². The average molecular weight is 278 g/mol. The molecular weight excluding hydrogens is 256 g/mol. The van der Waals surface area contributed by atoms with Crippen LogP contribution in [0.15, 0.2) is 30.3 Å². The topological polar surface area (TPSA) is 55.8 Å². The SMILES string of the molecule is CC1CC(OCC(C(=O)O)c2ccccc2)CC(C)O1. The molecular formula is C16H22O4. The van der Waals surface area contributed by atoms with Crippen molar-refractivity contribution in [1.82, 2.24) is 0 Å². The average Bonchev–Trinajstić information content (AvgIpc) is 2.38. The lowest BCUT2D eigenvalue weighted by molar-refractivity contribution is -0.143. The highest BCUT2D eigenvalue weighted by molar-refractivity contribution is 5.76. The molecule has 1 aliphatic heterocycles. The number of ether oxygens (including phenoxy) is 2. The van der Waals surface area contributed by atoms with Crippen LogP contribution < -0.4 is 0 Å². The van der Waals surface area contributed by atoms with Crippen LogP contribution in [-0.4, -0.2) is 36.0 Å². The summed E-state index contributed by atoms with van der Waals surface area (Å²) in [6.07, 6.45) is 2.07. The van der Waals surface area contributed by atoms with Crippen LogP contribution in [0.5, 0.6) is 0 Å². The molecule has 1 heterocycles. The third-order valence-electron chi connectivity index (χ3n) is 3.65. The number of rotatable bonds is 5. The van der Waals surface area contributed by atoms with Gasteiger partial charge in [-0.3, -0.25) is 4.79 Å². The van der Waals surface area contributed by atoms with Crippen molar-refractivity contribution in [1.29, 1.82) is 0 Å². The van der Waals surface area contributed by atoms with Gasteiger partial charge in [0, 0.05) is 0 Å². The van der Waals surface area contributed by atoms with Gasteiger partial charge in [-0.2, -0.15) is 0 Å². The maximum absolute atomic E-state index is 11.4. The summed E-state index contributed by atoms with van der Waals surface area (Å²) >= 11 is 0. The van der Waals surface area contributed by atoms with Gasteiger partial charge in [-0.1, -0.05) is 30.3 Å². The third-order valence-corrected chi connectivity index (χ3v) is 3.65. The van der Waals surface area contributed by atoms with Gasteiger partial charge in [0.1, 0.15) is 5.92 Å². The molecule has 1 aliphatic rings. The Labute approximate surface area is 119 Å². The monoisotopic (exact) mass is 278 g/mol. The molecule has 3 atom stereocenters. The van der Waals surface area contributed by atoms with Gasteiger partial charge in [0.05, 0.1) is 24.9 Å². The molecule has 4 nitrogen and oxygen atoms in total. The highest BCUT2D eigenvalue weighted by atomic mass is 16.5. The van der Waals surface area contributed by atoms with E-state index in [0.717, 1.165) is 18.4 Å². The number of benzene rings is 1. The second-order valence-electron chi connectivity index (χ2n) is 5.49. The Morgan fingerprint density at radius 2 is 1.90 bits per heavy atom. The van der Waals surface area contributed by atoms with E-state index in [1.807, 2.05) is 44.2 Å². The predicted octanol–water partition coefficient (Wildman–Crippen LogP) is 2.83. The zero-order valence-corrected chi connectivity index (χ0v) is 12.0. The van der Waals surface area contributed by atoms with Crippen LogP contribution in [0.25, 0.3) is 0 Å². The number of aliphatic carboxylic acids is 1. The zero-order chi connectivity index (χ0) is 14.5. The van der Waals surface area contributed by atoms with Crippen molar-refractivity contribution in [2.75, 3.05) is 6.61 Å². The van der Waals surface area contributed by atoms with E-state index in [2.05, 4.69) is 0 Å².